The highest BCUT2D eigenvalue weighted by Crippen LogP contribution is 2.29. The summed E-state index contributed by atoms with van der Waals surface area (Å²) in [6, 6.07) is 18.6. The summed E-state index contributed by atoms with van der Waals surface area (Å²) in [5.41, 5.74) is 2.16. The number of carbonyl (C=O) groups excluding carboxylic acids is 1. The normalized spacial score (nSPS) is 21.7. The van der Waals surface area contributed by atoms with Crippen LogP contribution in [0.5, 0.6) is 0 Å². The first-order chi connectivity index (χ1) is 13.6. The van der Waals surface area contributed by atoms with E-state index in [1.165, 1.54) is 5.56 Å². The summed E-state index contributed by atoms with van der Waals surface area (Å²) in [4.78, 5) is 15.6. The molecule has 0 aromatic heterocycles. The zero-order chi connectivity index (χ0) is 19.4. The van der Waals surface area contributed by atoms with E-state index >= 15 is 0 Å². The van der Waals surface area contributed by atoms with E-state index in [4.69, 9.17) is 11.6 Å². The van der Waals surface area contributed by atoms with Crippen molar-refractivity contribution in [3.05, 3.63) is 70.7 Å². The van der Waals surface area contributed by atoms with Crippen molar-refractivity contribution in [2.45, 2.75) is 31.8 Å². The van der Waals surface area contributed by atoms with E-state index in [2.05, 4.69) is 45.9 Å². The first kappa shape index (κ1) is 19.4. The highest BCUT2D eigenvalue weighted by molar-refractivity contribution is 6.30. The van der Waals surface area contributed by atoms with Gasteiger partial charge in [-0.25, -0.2) is 0 Å². The van der Waals surface area contributed by atoms with E-state index < -0.39 is 0 Å². The predicted molar refractivity (Wildman–Crippen MR) is 113 cm³/mol. The average molecular weight is 398 g/mol. The minimum Gasteiger partial charge on any atom is -0.352 e. The lowest BCUT2D eigenvalue weighted by molar-refractivity contribution is -0.135. The molecule has 0 saturated carbocycles. The van der Waals surface area contributed by atoms with E-state index in [1.54, 1.807) is 0 Å². The number of likely N-dealkylation sites (tertiary alicyclic amines) is 1. The van der Waals surface area contributed by atoms with E-state index in [1.807, 2.05) is 24.3 Å². The van der Waals surface area contributed by atoms with Crippen molar-refractivity contribution in [1.29, 1.82) is 0 Å². The van der Waals surface area contributed by atoms with Crippen molar-refractivity contribution in [2.75, 3.05) is 26.2 Å². The van der Waals surface area contributed by atoms with Gasteiger partial charge in [-0.05, 0) is 49.1 Å². The molecule has 5 heteroatoms. The molecule has 0 radical (unpaired) electrons. The third-order valence-corrected chi connectivity index (χ3v) is 6.21. The largest absolute Gasteiger partial charge is 0.352 e. The van der Waals surface area contributed by atoms with Crippen LogP contribution in [-0.4, -0.2) is 43.0 Å². The number of hydrogen-bond acceptors (Lipinski definition) is 3. The second-order valence-electron chi connectivity index (χ2n) is 8.22. The molecule has 148 valence electrons. The molecule has 0 spiro atoms. The molecule has 2 aliphatic rings. The second kappa shape index (κ2) is 8.64. The molecule has 0 unspecified atom stereocenters. The van der Waals surface area contributed by atoms with Crippen LogP contribution in [0.2, 0.25) is 5.02 Å². The minimum absolute atomic E-state index is 0.188. The number of amides is 1. The van der Waals surface area contributed by atoms with Crippen molar-refractivity contribution in [3.8, 4) is 0 Å². The topological polar surface area (TPSA) is 44.4 Å². The number of nitrogens with one attached hydrogen (secondary N) is 2. The monoisotopic (exact) mass is 397 g/mol. The SMILES string of the molecule is O=C(N[C@H]1CCCN(Cc2ccccc2)C1)C1(Cc2ccc(Cl)cc2)CNC1. The lowest BCUT2D eigenvalue weighted by Gasteiger charge is -2.43. The first-order valence-corrected chi connectivity index (χ1v) is 10.5. The van der Waals surface area contributed by atoms with Gasteiger partial charge < -0.3 is 10.6 Å². The number of carbonyl (C=O) groups is 1. The van der Waals surface area contributed by atoms with Gasteiger partial charge in [0.15, 0.2) is 0 Å². The fourth-order valence-corrected chi connectivity index (χ4v) is 4.41. The summed E-state index contributed by atoms with van der Waals surface area (Å²) < 4.78 is 0. The Morgan fingerprint density at radius 2 is 1.86 bits per heavy atom. The number of benzene rings is 2. The standard InChI is InChI=1S/C23H28ClN3O/c24-20-10-8-18(9-11-20)13-23(16-25-17-23)22(28)26-21-7-4-12-27(15-21)14-19-5-2-1-3-6-19/h1-3,5-6,8-11,21,25H,4,7,12-17H2,(H,26,28)/t21-/m0/s1. The minimum atomic E-state index is -0.338. The lowest BCUT2D eigenvalue weighted by atomic mass is 9.75. The van der Waals surface area contributed by atoms with Gasteiger partial charge in [-0.3, -0.25) is 9.69 Å². The smallest absolute Gasteiger partial charge is 0.229 e. The second-order valence-corrected chi connectivity index (χ2v) is 8.66. The summed E-state index contributed by atoms with van der Waals surface area (Å²) in [7, 11) is 0. The van der Waals surface area contributed by atoms with Gasteiger partial charge >= 0.3 is 0 Å². The summed E-state index contributed by atoms with van der Waals surface area (Å²) in [6.07, 6.45) is 2.94. The Hall–Kier alpha value is -1.88. The maximum atomic E-state index is 13.2. The molecule has 2 heterocycles. The molecule has 2 aromatic carbocycles. The van der Waals surface area contributed by atoms with Crippen LogP contribution in [0.25, 0.3) is 0 Å². The summed E-state index contributed by atoms with van der Waals surface area (Å²) in [5.74, 6) is 0.188. The molecular formula is C23H28ClN3O. The third-order valence-electron chi connectivity index (χ3n) is 5.95. The van der Waals surface area contributed by atoms with Crippen LogP contribution in [0.4, 0.5) is 0 Å². The average Bonchev–Trinajstić information content (AvgIpc) is 2.67. The molecule has 2 aromatic rings. The Bertz CT molecular complexity index is 789. The molecule has 2 N–H and O–H groups in total. The van der Waals surface area contributed by atoms with E-state index in [-0.39, 0.29) is 17.4 Å². The Kier molecular flexibility index (Phi) is 6.00. The van der Waals surface area contributed by atoms with Crippen molar-refractivity contribution >= 4 is 17.5 Å². The van der Waals surface area contributed by atoms with Gasteiger partial charge in [0, 0.05) is 37.2 Å². The van der Waals surface area contributed by atoms with Gasteiger partial charge in [0.05, 0.1) is 5.41 Å². The van der Waals surface area contributed by atoms with Crippen molar-refractivity contribution in [3.63, 3.8) is 0 Å². The third kappa shape index (κ3) is 4.57. The summed E-state index contributed by atoms with van der Waals surface area (Å²) in [6.45, 7) is 4.44. The van der Waals surface area contributed by atoms with Crippen LogP contribution >= 0.6 is 11.6 Å². The molecule has 1 atom stereocenters. The fraction of sp³-hybridized carbons (Fsp3) is 0.435. The van der Waals surface area contributed by atoms with Crippen LogP contribution in [0.3, 0.4) is 0 Å². The molecule has 4 nitrogen and oxygen atoms in total. The van der Waals surface area contributed by atoms with Gasteiger partial charge in [0.2, 0.25) is 5.91 Å². The number of hydrogen-bond donors (Lipinski definition) is 2. The van der Waals surface area contributed by atoms with Crippen LogP contribution in [0, 0.1) is 5.41 Å². The highest BCUT2D eigenvalue weighted by atomic mass is 35.5. The summed E-state index contributed by atoms with van der Waals surface area (Å²) >= 11 is 6.00. The fourth-order valence-electron chi connectivity index (χ4n) is 4.28. The maximum Gasteiger partial charge on any atom is 0.229 e. The van der Waals surface area contributed by atoms with Crippen molar-refractivity contribution in [2.24, 2.45) is 5.41 Å². The Balaban J connectivity index is 1.35. The number of piperidine rings is 1. The number of halogens is 1. The van der Waals surface area contributed by atoms with Crippen LogP contribution < -0.4 is 10.6 Å². The molecule has 2 saturated heterocycles. The molecular weight excluding hydrogens is 370 g/mol. The van der Waals surface area contributed by atoms with E-state index in [9.17, 15) is 4.79 Å². The molecule has 2 aliphatic heterocycles. The molecule has 0 bridgehead atoms. The zero-order valence-corrected chi connectivity index (χ0v) is 16.9. The molecule has 1 amide bonds. The van der Waals surface area contributed by atoms with Crippen molar-refractivity contribution in [1.82, 2.24) is 15.5 Å². The quantitative estimate of drug-likeness (QED) is 0.786. The Labute approximate surface area is 172 Å². The van der Waals surface area contributed by atoms with E-state index in [0.29, 0.717) is 0 Å². The van der Waals surface area contributed by atoms with Crippen molar-refractivity contribution < 1.29 is 4.79 Å². The number of rotatable bonds is 6. The zero-order valence-electron chi connectivity index (χ0n) is 16.2. The predicted octanol–water partition coefficient (Wildman–Crippen LogP) is 3.25. The first-order valence-electron chi connectivity index (χ1n) is 10.2. The molecule has 2 fully saturated rings. The van der Waals surface area contributed by atoms with Gasteiger partial charge in [-0.1, -0.05) is 54.1 Å². The van der Waals surface area contributed by atoms with Crippen LogP contribution in [-0.2, 0) is 17.8 Å². The Morgan fingerprint density at radius 1 is 1.11 bits per heavy atom. The van der Waals surface area contributed by atoms with Crippen LogP contribution in [0.1, 0.15) is 24.0 Å². The number of nitrogens with zero attached hydrogens (tertiary/aromatic N) is 1. The van der Waals surface area contributed by atoms with Gasteiger partial charge in [-0.15, -0.1) is 0 Å². The van der Waals surface area contributed by atoms with Gasteiger partial charge in [0.1, 0.15) is 0 Å². The highest BCUT2D eigenvalue weighted by Gasteiger charge is 2.44. The summed E-state index contributed by atoms with van der Waals surface area (Å²) in [5, 5.41) is 7.39. The lowest BCUT2D eigenvalue weighted by Crippen LogP contribution is -2.64. The van der Waals surface area contributed by atoms with Gasteiger partial charge in [-0.2, -0.15) is 0 Å². The maximum absolute atomic E-state index is 13.2. The Morgan fingerprint density at radius 3 is 2.54 bits per heavy atom. The van der Waals surface area contributed by atoms with E-state index in [0.717, 1.165) is 62.6 Å². The molecule has 28 heavy (non-hydrogen) atoms. The van der Waals surface area contributed by atoms with Crippen LogP contribution in [0.15, 0.2) is 54.6 Å². The molecule has 4 rings (SSSR count). The molecule has 0 aliphatic carbocycles. The van der Waals surface area contributed by atoms with Gasteiger partial charge in [0.25, 0.3) is 0 Å².